The van der Waals surface area contributed by atoms with Crippen molar-refractivity contribution >= 4 is 26.7 Å². The number of aromatic nitrogens is 3. The Kier molecular flexibility index (Phi) is 4.21. The second kappa shape index (κ2) is 6.13. The molecule has 1 unspecified atom stereocenters. The number of nitrogens with zero attached hydrogens (tertiary/aromatic N) is 4. The number of nitrogens with one attached hydrogen (secondary N) is 1. The van der Waals surface area contributed by atoms with Gasteiger partial charge in [-0.3, -0.25) is 0 Å². The van der Waals surface area contributed by atoms with Gasteiger partial charge in [-0.1, -0.05) is 0 Å². The molecule has 1 N–H and O–H groups in total. The van der Waals surface area contributed by atoms with Gasteiger partial charge in [-0.15, -0.1) is 0 Å². The second-order valence-electron chi connectivity index (χ2n) is 5.66. The Morgan fingerprint density at radius 2 is 2.27 bits per heavy atom. The van der Waals surface area contributed by atoms with Gasteiger partial charge in [0.1, 0.15) is 12.1 Å². The van der Waals surface area contributed by atoms with Crippen LogP contribution in [0.3, 0.4) is 0 Å². The van der Waals surface area contributed by atoms with Crippen LogP contribution in [0.1, 0.15) is 12.8 Å². The molecule has 0 amide bonds. The molecule has 1 aliphatic rings. The normalized spacial score (nSPS) is 19.5. The fourth-order valence-electron chi connectivity index (χ4n) is 2.84. The first-order valence-corrected chi connectivity index (χ1v) is 9.16. The van der Waals surface area contributed by atoms with Gasteiger partial charge in [0.05, 0.1) is 17.2 Å². The molecule has 1 atom stereocenters. The SMILES string of the molecule is CS(=O)(=O)NCC1CCCN(c2nccc3ncncc23)C1. The van der Waals surface area contributed by atoms with Crippen molar-refractivity contribution in [3.05, 3.63) is 24.8 Å². The summed E-state index contributed by atoms with van der Waals surface area (Å²) in [5.74, 6) is 1.16. The number of pyridine rings is 1. The lowest BCUT2D eigenvalue weighted by Gasteiger charge is -2.34. The third-order valence-electron chi connectivity index (χ3n) is 3.87. The van der Waals surface area contributed by atoms with Crippen LogP contribution < -0.4 is 9.62 Å². The molecule has 2 aromatic rings. The minimum Gasteiger partial charge on any atom is -0.356 e. The van der Waals surface area contributed by atoms with Crippen LogP contribution in [0.4, 0.5) is 5.82 Å². The summed E-state index contributed by atoms with van der Waals surface area (Å²) in [6, 6.07) is 1.87. The average Bonchev–Trinajstić information content (AvgIpc) is 2.52. The van der Waals surface area contributed by atoms with Gasteiger partial charge in [0.25, 0.3) is 0 Å². The van der Waals surface area contributed by atoms with Crippen molar-refractivity contribution in [1.29, 1.82) is 0 Å². The molecule has 0 bridgehead atoms. The van der Waals surface area contributed by atoms with Crippen LogP contribution in [-0.2, 0) is 10.0 Å². The van der Waals surface area contributed by atoms with Crippen molar-refractivity contribution in [3.8, 4) is 0 Å². The zero-order chi connectivity index (χ0) is 15.6. The van der Waals surface area contributed by atoms with E-state index < -0.39 is 10.0 Å². The lowest BCUT2D eigenvalue weighted by atomic mass is 9.98. The first-order valence-electron chi connectivity index (χ1n) is 7.27. The highest BCUT2D eigenvalue weighted by molar-refractivity contribution is 7.88. The Morgan fingerprint density at radius 1 is 1.41 bits per heavy atom. The first-order chi connectivity index (χ1) is 10.5. The summed E-state index contributed by atoms with van der Waals surface area (Å²) in [4.78, 5) is 15.0. The lowest BCUT2D eigenvalue weighted by Crippen LogP contribution is -2.41. The highest BCUT2D eigenvalue weighted by Crippen LogP contribution is 2.26. The minimum absolute atomic E-state index is 0.283. The van der Waals surface area contributed by atoms with E-state index in [0.717, 1.165) is 42.7 Å². The van der Waals surface area contributed by atoms with Gasteiger partial charge in [-0.2, -0.15) is 0 Å². The minimum atomic E-state index is -3.14. The zero-order valence-electron chi connectivity index (χ0n) is 12.4. The maximum Gasteiger partial charge on any atom is 0.208 e. The van der Waals surface area contributed by atoms with Crippen molar-refractivity contribution in [2.75, 3.05) is 30.8 Å². The highest BCUT2D eigenvalue weighted by atomic mass is 32.2. The van der Waals surface area contributed by atoms with Crippen LogP contribution in [0.25, 0.3) is 10.9 Å². The molecule has 22 heavy (non-hydrogen) atoms. The molecular weight excluding hydrogens is 302 g/mol. The number of piperidine rings is 1. The largest absolute Gasteiger partial charge is 0.356 e. The van der Waals surface area contributed by atoms with Crippen LogP contribution in [0.2, 0.25) is 0 Å². The molecular formula is C14H19N5O2S. The molecule has 1 fully saturated rings. The third kappa shape index (κ3) is 3.50. The summed E-state index contributed by atoms with van der Waals surface area (Å²) in [5, 5.41) is 0.932. The summed E-state index contributed by atoms with van der Waals surface area (Å²) >= 11 is 0. The van der Waals surface area contributed by atoms with E-state index in [1.165, 1.54) is 12.6 Å². The van der Waals surface area contributed by atoms with E-state index in [1.54, 1.807) is 12.4 Å². The Labute approximate surface area is 129 Å². The summed E-state index contributed by atoms with van der Waals surface area (Å²) in [7, 11) is -3.14. The predicted octanol–water partition coefficient (Wildman–Crippen LogP) is 0.790. The summed E-state index contributed by atoms with van der Waals surface area (Å²) in [5.41, 5.74) is 0.872. The molecule has 3 rings (SSSR count). The molecule has 3 heterocycles. The van der Waals surface area contributed by atoms with Gasteiger partial charge in [-0.05, 0) is 24.8 Å². The van der Waals surface area contributed by atoms with Crippen molar-refractivity contribution in [3.63, 3.8) is 0 Å². The Morgan fingerprint density at radius 3 is 3.09 bits per heavy atom. The van der Waals surface area contributed by atoms with Crippen molar-refractivity contribution in [2.24, 2.45) is 5.92 Å². The van der Waals surface area contributed by atoms with Crippen molar-refractivity contribution < 1.29 is 8.42 Å². The number of sulfonamides is 1. The van der Waals surface area contributed by atoms with Crippen LogP contribution in [0.15, 0.2) is 24.8 Å². The molecule has 1 aliphatic heterocycles. The Balaban J connectivity index is 1.79. The highest BCUT2D eigenvalue weighted by Gasteiger charge is 2.23. The molecule has 7 nitrogen and oxygen atoms in total. The van der Waals surface area contributed by atoms with Crippen LogP contribution in [-0.4, -0.2) is 49.3 Å². The summed E-state index contributed by atoms with van der Waals surface area (Å²) in [6.07, 6.45) is 8.28. The molecule has 2 aromatic heterocycles. The van der Waals surface area contributed by atoms with Gasteiger partial charge in [0.2, 0.25) is 10.0 Å². The van der Waals surface area contributed by atoms with E-state index >= 15 is 0 Å². The maximum atomic E-state index is 11.2. The monoisotopic (exact) mass is 321 g/mol. The zero-order valence-corrected chi connectivity index (χ0v) is 13.3. The second-order valence-corrected chi connectivity index (χ2v) is 7.50. The number of hydrogen-bond acceptors (Lipinski definition) is 6. The van der Waals surface area contributed by atoms with E-state index in [2.05, 4.69) is 24.6 Å². The molecule has 0 aliphatic carbocycles. The molecule has 0 aromatic carbocycles. The smallest absolute Gasteiger partial charge is 0.208 e. The Bertz CT molecular complexity index is 759. The van der Waals surface area contributed by atoms with Gasteiger partial charge in [0.15, 0.2) is 0 Å². The average molecular weight is 321 g/mol. The van der Waals surface area contributed by atoms with Crippen LogP contribution >= 0.6 is 0 Å². The molecule has 0 spiro atoms. The Hall–Kier alpha value is -1.80. The standard InChI is InChI=1S/C14H19N5O2S/c1-22(20,21)18-7-11-3-2-6-19(9-11)14-12-8-15-10-17-13(12)4-5-16-14/h4-5,8,10-11,18H,2-3,6-7,9H2,1H3. The topological polar surface area (TPSA) is 88.1 Å². The van der Waals surface area contributed by atoms with E-state index in [-0.39, 0.29) is 5.92 Å². The first kappa shape index (κ1) is 15.1. The van der Waals surface area contributed by atoms with E-state index in [1.807, 2.05) is 6.07 Å². The number of rotatable bonds is 4. The third-order valence-corrected chi connectivity index (χ3v) is 4.56. The van der Waals surface area contributed by atoms with Crippen LogP contribution in [0.5, 0.6) is 0 Å². The van der Waals surface area contributed by atoms with Crippen molar-refractivity contribution in [2.45, 2.75) is 12.8 Å². The molecule has 0 radical (unpaired) electrons. The van der Waals surface area contributed by atoms with E-state index in [9.17, 15) is 8.42 Å². The fraction of sp³-hybridized carbons (Fsp3) is 0.500. The molecule has 1 saturated heterocycles. The number of hydrogen-bond donors (Lipinski definition) is 1. The summed E-state index contributed by atoms with van der Waals surface area (Å²) < 4.78 is 25.1. The van der Waals surface area contributed by atoms with Gasteiger partial charge in [0, 0.05) is 32.0 Å². The number of fused-ring (bicyclic) bond motifs is 1. The fourth-order valence-corrected chi connectivity index (χ4v) is 3.38. The van der Waals surface area contributed by atoms with Gasteiger partial charge in [-0.25, -0.2) is 28.1 Å². The summed E-state index contributed by atoms with van der Waals surface area (Å²) in [6.45, 7) is 2.16. The van der Waals surface area contributed by atoms with E-state index in [0.29, 0.717) is 6.54 Å². The maximum absolute atomic E-state index is 11.2. The van der Waals surface area contributed by atoms with E-state index in [4.69, 9.17) is 0 Å². The quantitative estimate of drug-likeness (QED) is 0.896. The molecule has 0 saturated carbocycles. The lowest BCUT2D eigenvalue weighted by molar-refractivity contribution is 0.410. The molecule has 8 heteroatoms. The number of anilines is 1. The van der Waals surface area contributed by atoms with Crippen LogP contribution in [0, 0.1) is 5.92 Å². The molecule has 118 valence electrons. The van der Waals surface area contributed by atoms with Crippen molar-refractivity contribution in [1.82, 2.24) is 19.7 Å². The van der Waals surface area contributed by atoms with Gasteiger partial charge >= 0.3 is 0 Å². The van der Waals surface area contributed by atoms with Gasteiger partial charge < -0.3 is 4.90 Å². The predicted molar refractivity (Wildman–Crippen MR) is 85.1 cm³/mol.